The summed E-state index contributed by atoms with van der Waals surface area (Å²) in [6.07, 6.45) is 0. The molecule has 0 bridgehead atoms. The van der Waals surface area contributed by atoms with Gasteiger partial charge in [-0.25, -0.2) is 0 Å². The monoisotopic (exact) mass is 404 g/mol. The summed E-state index contributed by atoms with van der Waals surface area (Å²) in [4.78, 5) is 51.8. The van der Waals surface area contributed by atoms with Gasteiger partial charge >= 0.3 is 30.0 Å². The summed E-state index contributed by atoms with van der Waals surface area (Å²) in [5.74, 6) is -8.28. The molecule has 0 rings (SSSR count). The highest BCUT2D eigenvalue weighted by molar-refractivity contribution is 7.79. The standard InChI is InChI=1S/C5H4N6O14S/c12-6(13)4(7(14)15,8(16)17)1-24-3(26)25-2-5(9(18)19,10(20)21)11(22)23/h1-2H2. The highest BCUT2D eigenvalue weighted by Crippen LogP contribution is 2.16. The van der Waals surface area contributed by atoms with Crippen LogP contribution in [0.4, 0.5) is 0 Å². The summed E-state index contributed by atoms with van der Waals surface area (Å²) >= 11 is 4.13. The van der Waals surface area contributed by atoms with Gasteiger partial charge in [0, 0.05) is 12.2 Å². The first kappa shape index (κ1) is 22.1. The molecule has 0 saturated carbocycles. The molecule has 0 atom stereocenters. The number of ether oxygens (including phenoxy) is 2. The van der Waals surface area contributed by atoms with Gasteiger partial charge in [-0.15, -0.1) is 0 Å². The Morgan fingerprint density at radius 2 is 0.808 bits per heavy atom. The van der Waals surface area contributed by atoms with Crippen molar-refractivity contribution in [3.05, 3.63) is 60.7 Å². The van der Waals surface area contributed by atoms with Crippen LogP contribution >= 0.6 is 12.2 Å². The number of nitrogens with zero attached hydrogens (tertiary/aromatic N) is 6. The molecule has 26 heavy (non-hydrogen) atoms. The van der Waals surface area contributed by atoms with Gasteiger partial charge in [0.25, 0.3) is 0 Å². The first-order chi connectivity index (χ1) is 11.8. The fourth-order valence-corrected chi connectivity index (χ4v) is 1.19. The van der Waals surface area contributed by atoms with E-state index in [1.165, 1.54) is 0 Å². The quantitative estimate of drug-likeness (QED) is 0.169. The lowest BCUT2D eigenvalue weighted by molar-refractivity contribution is -0.970. The number of hydrogen-bond acceptors (Lipinski definition) is 15. The predicted molar refractivity (Wildman–Crippen MR) is 71.9 cm³/mol. The molecule has 0 aromatic rings. The average molecular weight is 404 g/mol. The van der Waals surface area contributed by atoms with Gasteiger partial charge in [0.2, 0.25) is 0 Å². The van der Waals surface area contributed by atoms with Crippen molar-refractivity contribution in [2.24, 2.45) is 0 Å². The minimum atomic E-state index is -4.14. The number of nitro groups is 6. The van der Waals surface area contributed by atoms with Gasteiger partial charge in [-0.1, -0.05) is 0 Å². The Balaban J connectivity index is 5.32. The van der Waals surface area contributed by atoms with Crippen molar-refractivity contribution in [1.82, 2.24) is 0 Å². The van der Waals surface area contributed by atoms with Gasteiger partial charge in [0.15, 0.2) is 29.5 Å². The van der Waals surface area contributed by atoms with Gasteiger partial charge in [-0.2, -0.15) is 0 Å². The van der Waals surface area contributed by atoms with E-state index in [4.69, 9.17) is 0 Å². The SMILES string of the molecule is O=[N+]([O-])C(COC(=S)OCC([N+](=O)[O-])([N+](=O)[O-])[N+](=O)[O-])([N+](=O)[O-])[N+](=O)[O-]. The molecule has 0 radical (unpaired) electrons. The normalized spacial score (nSPS) is 11.1. The topological polar surface area (TPSA) is 277 Å². The summed E-state index contributed by atoms with van der Waals surface area (Å²) in [6.45, 7) is -3.97. The second-order valence-corrected chi connectivity index (χ2v) is 4.25. The van der Waals surface area contributed by atoms with Crippen LogP contribution in [0.3, 0.4) is 0 Å². The highest BCUT2D eigenvalue weighted by Gasteiger charge is 2.73. The Hall–Kier alpha value is -3.91. The first-order valence-electron chi connectivity index (χ1n) is 5.43. The summed E-state index contributed by atoms with van der Waals surface area (Å²) in [5.41, 5.74) is 0. The summed E-state index contributed by atoms with van der Waals surface area (Å²) in [6, 6.07) is 0. The number of rotatable bonds is 10. The maximum absolute atomic E-state index is 10.6. The van der Waals surface area contributed by atoms with Crippen molar-refractivity contribution < 1.29 is 39.0 Å². The summed E-state index contributed by atoms with van der Waals surface area (Å²) in [7, 11) is 0. The predicted octanol–water partition coefficient (Wildman–Crippen LogP) is -1.73. The zero-order valence-electron chi connectivity index (χ0n) is 11.7. The molecule has 0 unspecified atom stereocenters. The summed E-state index contributed by atoms with van der Waals surface area (Å²) in [5, 5.41) is 62.0. The van der Waals surface area contributed by atoms with E-state index in [1.807, 2.05) is 0 Å². The molecule has 0 aliphatic heterocycles. The third kappa shape index (κ3) is 3.77. The van der Waals surface area contributed by atoms with Crippen molar-refractivity contribution in [3.63, 3.8) is 0 Å². The van der Waals surface area contributed by atoms with E-state index in [2.05, 4.69) is 21.7 Å². The van der Waals surface area contributed by atoms with Crippen LogP contribution in [0.25, 0.3) is 0 Å². The van der Waals surface area contributed by atoms with Gasteiger partial charge < -0.3 is 9.47 Å². The fraction of sp³-hybridized carbons (Fsp3) is 0.800. The molecule has 0 N–H and O–H groups in total. The minimum absolute atomic E-state index is 1.52. The molecule has 0 spiro atoms. The van der Waals surface area contributed by atoms with Crippen LogP contribution in [-0.2, 0) is 9.47 Å². The Kier molecular flexibility index (Phi) is 6.60. The number of hydrogen-bond donors (Lipinski definition) is 0. The number of thiocarbonyl (C=S) groups is 1. The van der Waals surface area contributed by atoms with Crippen molar-refractivity contribution in [1.29, 1.82) is 0 Å². The van der Waals surface area contributed by atoms with Gasteiger partial charge in [0.05, 0.1) is 0 Å². The Labute approximate surface area is 143 Å². The zero-order chi connectivity index (χ0) is 20.9. The smallest absolute Gasteiger partial charge is 0.432 e. The van der Waals surface area contributed by atoms with E-state index in [-0.39, 0.29) is 0 Å². The molecule has 0 fully saturated rings. The molecule has 0 aliphatic carbocycles. The third-order valence-corrected chi connectivity index (χ3v) is 2.76. The van der Waals surface area contributed by atoms with E-state index in [0.717, 1.165) is 0 Å². The van der Waals surface area contributed by atoms with Crippen molar-refractivity contribution >= 4 is 17.5 Å². The van der Waals surface area contributed by atoms with Crippen LogP contribution in [0.2, 0.25) is 0 Å². The van der Waals surface area contributed by atoms with Crippen LogP contribution in [0.1, 0.15) is 0 Å². The molecule has 144 valence electrons. The maximum Gasteiger partial charge on any atom is 0.734 e. The molecular formula is C5H4N6O14S. The second kappa shape index (κ2) is 7.77. The Bertz CT molecular complexity index is 561. The van der Waals surface area contributed by atoms with Gasteiger partial charge in [0.1, 0.15) is 0 Å². The molecule has 20 nitrogen and oxygen atoms in total. The summed E-state index contributed by atoms with van der Waals surface area (Å²) < 4.78 is 8.08. The van der Waals surface area contributed by atoms with Gasteiger partial charge in [-0.05, 0) is 0 Å². The Morgan fingerprint density at radius 3 is 0.962 bits per heavy atom. The molecule has 0 saturated heterocycles. The Morgan fingerprint density at radius 1 is 0.615 bits per heavy atom. The van der Waals surface area contributed by atoms with Crippen molar-refractivity contribution in [3.8, 4) is 0 Å². The first-order valence-corrected chi connectivity index (χ1v) is 5.84. The van der Waals surface area contributed by atoms with Crippen molar-refractivity contribution in [2.45, 2.75) is 11.6 Å². The minimum Gasteiger partial charge on any atom is -0.432 e. The van der Waals surface area contributed by atoms with Crippen LogP contribution in [-0.4, -0.2) is 59.6 Å². The molecule has 0 aromatic carbocycles. The second-order valence-electron chi connectivity index (χ2n) is 3.92. The van der Waals surface area contributed by atoms with E-state index >= 15 is 0 Å². The molecular weight excluding hydrogens is 400 g/mol. The lowest BCUT2D eigenvalue weighted by Gasteiger charge is -2.12. The van der Waals surface area contributed by atoms with Crippen LogP contribution in [0, 0.1) is 60.7 Å². The highest BCUT2D eigenvalue weighted by atomic mass is 32.1. The molecule has 0 aliphatic rings. The van der Waals surface area contributed by atoms with Gasteiger partial charge in [-0.3, -0.25) is 60.7 Å². The molecule has 0 heterocycles. The van der Waals surface area contributed by atoms with Crippen molar-refractivity contribution in [2.75, 3.05) is 13.2 Å². The molecule has 0 aromatic heterocycles. The van der Waals surface area contributed by atoms with E-state index in [1.54, 1.807) is 0 Å². The molecule has 21 heteroatoms. The fourth-order valence-electron chi connectivity index (χ4n) is 1.07. The lowest BCUT2D eigenvalue weighted by atomic mass is 10.4. The van der Waals surface area contributed by atoms with E-state index in [0.29, 0.717) is 0 Å². The van der Waals surface area contributed by atoms with Crippen LogP contribution in [0.15, 0.2) is 0 Å². The maximum atomic E-state index is 10.6. The largest absolute Gasteiger partial charge is 0.734 e. The van der Waals surface area contributed by atoms with Crippen LogP contribution in [0.5, 0.6) is 0 Å². The average Bonchev–Trinajstić information content (AvgIpc) is 2.45. The zero-order valence-corrected chi connectivity index (χ0v) is 12.5. The third-order valence-electron chi connectivity index (χ3n) is 2.52. The van der Waals surface area contributed by atoms with E-state index < -0.39 is 59.6 Å². The lowest BCUT2D eigenvalue weighted by Crippen LogP contribution is -2.58. The molecule has 0 amide bonds. The van der Waals surface area contributed by atoms with Crippen LogP contribution < -0.4 is 0 Å². The van der Waals surface area contributed by atoms with E-state index in [9.17, 15) is 60.7 Å².